The first-order valence-corrected chi connectivity index (χ1v) is 7.67. The molecule has 0 unspecified atom stereocenters. The molecular formula is C17H14BrN3O2. The molecule has 2 aromatic rings. The predicted molar refractivity (Wildman–Crippen MR) is 91.8 cm³/mol. The lowest BCUT2D eigenvalue weighted by atomic mass is 10.1. The SMILES string of the molecule is N#CCC(=O)Nc1ccc(NC(=O)Cc2cccc(Br)c2)cc1. The molecule has 6 heteroatoms. The van der Waals surface area contributed by atoms with Crippen LogP contribution in [0.25, 0.3) is 0 Å². The van der Waals surface area contributed by atoms with Gasteiger partial charge in [-0.15, -0.1) is 0 Å². The van der Waals surface area contributed by atoms with E-state index in [4.69, 9.17) is 5.26 Å². The van der Waals surface area contributed by atoms with Gasteiger partial charge in [0.2, 0.25) is 11.8 Å². The third kappa shape index (κ3) is 5.57. The van der Waals surface area contributed by atoms with Crippen LogP contribution in [0.5, 0.6) is 0 Å². The van der Waals surface area contributed by atoms with Crippen molar-refractivity contribution in [3.8, 4) is 6.07 Å². The number of carbonyl (C=O) groups is 2. The normalized spacial score (nSPS) is 9.74. The molecule has 0 saturated heterocycles. The number of carbonyl (C=O) groups excluding carboxylic acids is 2. The molecule has 0 aliphatic heterocycles. The number of halogens is 1. The van der Waals surface area contributed by atoms with Crippen LogP contribution in [0.1, 0.15) is 12.0 Å². The van der Waals surface area contributed by atoms with Gasteiger partial charge < -0.3 is 10.6 Å². The highest BCUT2D eigenvalue weighted by atomic mass is 79.9. The number of nitrogens with one attached hydrogen (secondary N) is 2. The van der Waals surface area contributed by atoms with E-state index in [1.807, 2.05) is 24.3 Å². The topological polar surface area (TPSA) is 82.0 Å². The third-order valence-corrected chi connectivity index (χ3v) is 3.44. The second-order valence-corrected chi connectivity index (χ2v) is 5.73. The Labute approximate surface area is 142 Å². The molecule has 2 N–H and O–H groups in total. The fraction of sp³-hybridized carbons (Fsp3) is 0.118. The lowest BCUT2D eigenvalue weighted by Crippen LogP contribution is -2.14. The van der Waals surface area contributed by atoms with Crippen LogP contribution >= 0.6 is 15.9 Å². The molecule has 23 heavy (non-hydrogen) atoms. The lowest BCUT2D eigenvalue weighted by Gasteiger charge is -2.07. The zero-order valence-corrected chi connectivity index (χ0v) is 13.8. The Morgan fingerprint density at radius 2 is 1.61 bits per heavy atom. The summed E-state index contributed by atoms with van der Waals surface area (Å²) in [6, 6.07) is 16.1. The van der Waals surface area contributed by atoms with Crippen LogP contribution < -0.4 is 10.6 Å². The average Bonchev–Trinajstić information content (AvgIpc) is 2.49. The van der Waals surface area contributed by atoms with Crippen LogP contribution in [0.4, 0.5) is 11.4 Å². The predicted octanol–water partition coefficient (Wildman–Crippen LogP) is 3.48. The molecule has 0 saturated carbocycles. The van der Waals surface area contributed by atoms with E-state index in [0.717, 1.165) is 10.0 Å². The molecule has 5 nitrogen and oxygen atoms in total. The number of amides is 2. The monoisotopic (exact) mass is 371 g/mol. The van der Waals surface area contributed by atoms with E-state index in [1.165, 1.54) is 0 Å². The van der Waals surface area contributed by atoms with Gasteiger partial charge in [-0.3, -0.25) is 9.59 Å². The number of hydrogen-bond acceptors (Lipinski definition) is 3. The average molecular weight is 372 g/mol. The minimum absolute atomic E-state index is 0.121. The Morgan fingerprint density at radius 3 is 2.17 bits per heavy atom. The minimum atomic E-state index is -0.362. The fourth-order valence-corrected chi connectivity index (χ4v) is 2.40. The van der Waals surface area contributed by atoms with Gasteiger partial charge in [-0.2, -0.15) is 5.26 Å². The van der Waals surface area contributed by atoms with Crippen molar-refractivity contribution in [1.82, 2.24) is 0 Å². The van der Waals surface area contributed by atoms with E-state index in [2.05, 4.69) is 26.6 Å². The van der Waals surface area contributed by atoms with E-state index >= 15 is 0 Å². The van der Waals surface area contributed by atoms with Crippen LogP contribution in [0.3, 0.4) is 0 Å². The summed E-state index contributed by atoms with van der Waals surface area (Å²) >= 11 is 3.37. The molecule has 0 atom stereocenters. The quantitative estimate of drug-likeness (QED) is 0.843. The molecule has 0 aliphatic carbocycles. The maximum atomic E-state index is 12.0. The van der Waals surface area contributed by atoms with Crippen LogP contribution in [-0.4, -0.2) is 11.8 Å². The van der Waals surface area contributed by atoms with Crippen molar-refractivity contribution in [3.63, 3.8) is 0 Å². The summed E-state index contributed by atoms with van der Waals surface area (Å²) in [5.41, 5.74) is 2.13. The molecule has 0 aromatic heterocycles. The molecule has 116 valence electrons. The van der Waals surface area contributed by atoms with Crippen molar-refractivity contribution in [2.45, 2.75) is 12.8 Å². The minimum Gasteiger partial charge on any atom is -0.326 e. The van der Waals surface area contributed by atoms with E-state index in [1.54, 1.807) is 30.3 Å². The Balaban J connectivity index is 1.91. The van der Waals surface area contributed by atoms with Gasteiger partial charge >= 0.3 is 0 Å². The van der Waals surface area contributed by atoms with Gasteiger partial charge in [-0.05, 0) is 42.0 Å². The molecule has 2 rings (SSSR count). The smallest absolute Gasteiger partial charge is 0.238 e. The van der Waals surface area contributed by atoms with Crippen LogP contribution in [0.2, 0.25) is 0 Å². The summed E-state index contributed by atoms with van der Waals surface area (Å²) in [7, 11) is 0. The molecule has 0 aliphatic rings. The van der Waals surface area contributed by atoms with Crippen molar-refractivity contribution in [2.75, 3.05) is 10.6 Å². The molecule has 0 fully saturated rings. The summed E-state index contributed by atoms with van der Waals surface area (Å²) in [4.78, 5) is 23.3. The summed E-state index contributed by atoms with van der Waals surface area (Å²) in [6.45, 7) is 0. The zero-order valence-electron chi connectivity index (χ0n) is 12.2. The summed E-state index contributed by atoms with van der Waals surface area (Å²) < 4.78 is 0.931. The van der Waals surface area contributed by atoms with E-state index in [0.29, 0.717) is 11.4 Å². The van der Waals surface area contributed by atoms with Crippen molar-refractivity contribution >= 4 is 39.1 Å². The van der Waals surface area contributed by atoms with Gasteiger partial charge in [0.1, 0.15) is 6.42 Å². The largest absolute Gasteiger partial charge is 0.326 e. The van der Waals surface area contributed by atoms with Crippen molar-refractivity contribution in [2.24, 2.45) is 0 Å². The van der Waals surface area contributed by atoms with Crippen molar-refractivity contribution < 1.29 is 9.59 Å². The van der Waals surface area contributed by atoms with Gasteiger partial charge in [-0.1, -0.05) is 28.1 Å². The molecule has 0 heterocycles. The van der Waals surface area contributed by atoms with Crippen LogP contribution in [-0.2, 0) is 16.0 Å². The number of nitrogens with zero attached hydrogens (tertiary/aromatic N) is 1. The summed E-state index contributed by atoms with van der Waals surface area (Å²) in [5, 5.41) is 13.8. The standard InChI is InChI=1S/C17H14BrN3O2/c18-13-3-1-2-12(10-13)11-17(23)21-15-6-4-14(5-7-15)20-16(22)8-9-19/h1-7,10H,8,11H2,(H,20,22)(H,21,23). The van der Waals surface area contributed by atoms with Crippen molar-refractivity contribution in [3.05, 3.63) is 58.6 Å². The Morgan fingerprint density at radius 1 is 1.00 bits per heavy atom. The number of nitriles is 1. The van der Waals surface area contributed by atoms with Crippen LogP contribution in [0.15, 0.2) is 53.0 Å². The Bertz CT molecular complexity index is 751. The van der Waals surface area contributed by atoms with Gasteiger partial charge in [-0.25, -0.2) is 0 Å². The van der Waals surface area contributed by atoms with Crippen LogP contribution in [0, 0.1) is 11.3 Å². The molecule has 0 radical (unpaired) electrons. The molecule has 2 aromatic carbocycles. The van der Waals surface area contributed by atoms with Gasteiger partial charge in [0.05, 0.1) is 12.5 Å². The second kappa shape index (κ2) is 8.11. The number of anilines is 2. The molecule has 2 amide bonds. The maximum absolute atomic E-state index is 12.0. The highest BCUT2D eigenvalue weighted by Gasteiger charge is 2.05. The molecule has 0 spiro atoms. The van der Waals surface area contributed by atoms with Gasteiger partial charge in [0.15, 0.2) is 0 Å². The number of hydrogen-bond donors (Lipinski definition) is 2. The zero-order chi connectivity index (χ0) is 16.7. The first-order valence-electron chi connectivity index (χ1n) is 6.88. The number of benzene rings is 2. The third-order valence-electron chi connectivity index (χ3n) is 2.95. The molecule has 0 bridgehead atoms. The highest BCUT2D eigenvalue weighted by Crippen LogP contribution is 2.15. The first kappa shape index (κ1) is 16.7. The highest BCUT2D eigenvalue weighted by molar-refractivity contribution is 9.10. The first-order chi connectivity index (χ1) is 11.1. The lowest BCUT2D eigenvalue weighted by molar-refractivity contribution is -0.116. The summed E-state index contributed by atoms with van der Waals surface area (Å²) in [5.74, 6) is -0.483. The fourth-order valence-electron chi connectivity index (χ4n) is 1.95. The summed E-state index contributed by atoms with van der Waals surface area (Å²) in [6.07, 6.45) is 0.0885. The Kier molecular flexibility index (Phi) is 5.89. The van der Waals surface area contributed by atoms with Crippen molar-refractivity contribution in [1.29, 1.82) is 5.26 Å². The maximum Gasteiger partial charge on any atom is 0.238 e. The second-order valence-electron chi connectivity index (χ2n) is 4.82. The molecular weight excluding hydrogens is 358 g/mol. The van der Waals surface area contributed by atoms with E-state index < -0.39 is 0 Å². The van der Waals surface area contributed by atoms with Gasteiger partial charge in [0.25, 0.3) is 0 Å². The number of rotatable bonds is 5. The van der Waals surface area contributed by atoms with Gasteiger partial charge in [0, 0.05) is 15.8 Å². The van der Waals surface area contributed by atoms with E-state index in [9.17, 15) is 9.59 Å². The Hall–Kier alpha value is -2.65. The van der Waals surface area contributed by atoms with E-state index in [-0.39, 0.29) is 24.7 Å².